The lowest BCUT2D eigenvalue weighted by Gasteiger charge is -2.40. The van der Waals surface area contributed by atoms with E-state index in [2.05, 4.69) is 4.98 Å². The molecule has 1 aromatic heterocycles. The van der Waals surface area contributed by atoms with Crippen LogP contribution in [0.25, 0.3) is 0 Å². The summed E-state index contributed by atoms with van der Waals surface area (Å²) in [6.07, 6.45) is 5.04. The molecule has 1 aliphatic carbocycles. The Kier molecular flexibility index (Phi) is 2.75. The van der Waals surface area contributed by atoms with Crippen LogP contribution in [0.4, 0.5) is 0 Å². The van der Waals surface area contributed by atoms with E-state index in [9.17, 15) is 4.79 Å². The van der Waals surface area contributed by atoms with Crippen molar-refractivity contribution in [2.45, 2.75) is 31.4 Å². The zero-order chi connectivity index (χ0) is 10.9. The second-order valence-electron chi connectivity index (χ2n) is 3.98. The van der Waals surface area contributed by atoms with E-state index >= 15 is 0 Å². The number of rotatable bonds is 3. The zero-order valence-electron chi connectivity index (χ0n) is 8.66. The minimum Gasteiger partial charge on any atom is -0.376 e. The molecule has 0 amide bonds. The smallest absolute Gasteiger partial charge is 0.251 e. The summed E-state index contributed by atoms with van der Waals surface area (Å²) >= 11 is 5.08. The van der Waals surface area contributed by atoms with Gasteiger partial charge in [0.1, 0.15) is 0 Å². The van der Waals surface area contributed by atoms with Gasteiger partial charge in [0.15, 0.2) is 4.77 Å². The number of H-pyrrole nitrogens is 1. The quantitative estimate of drug-likeness (QED) is 0.794. The maximum Gasteiger partial charge on any atom is 0.251 e. The Morgan fingerprint density at radius 3 is 2.87 bits per heavy atom. The Balaban J connectivity index is 2.24. The average molecular weight is 226 g/mol. The fraction of sp³-hybridized carbons (Fsp3) is 0.600. The molecule has 2 rings (SSSR count). The third-order valence-corrected chi connectivity index (χ3v) is 3.39. The molecular weight excluding hydrogens is 212 g/mol. The fourth-order valence-electron chi connectivity index (χ4n) is 1.88. The second-order valence-corrected chi connectivity index (χ2v) is 4.37. The molecule has 4 nitrogen and oxygen atoms in total. The predicted molar refractivity (Wildman–Crippen MR) is 59.5 cm³/mol. The van der Waals surface area contributed by atoms with Crippen LogP contribution in [0.15, 0.2) is 17.1 Å². The molecule has 0 unspecified atom stereocenters. The predicted octanol–water partition coefficient (Wildman–Crippen LogP) is 1.47. The van der Waals surface area contributed by atoms with Crippen molar-refractivity contribution >= 4 is 12.2 Å². The van der Waals surface area contributed by atoms with Crippen LogP contribution in [-0.4, -0.2) is 22.3 Å². The van der Waals surface area contributed by atoms with Gasteiger partial charge in [-0.1, -0.05) is 0 Å². The van der Waals surface area contributed by atoms with Gasteiger partial charge >= 0.3 is 0 Å². The highest BCUT2D eigenvalue weighted by Crippen LogP contribution is 2.36. The number of methoxy groups -OCH3 is 1. The summed E-state index contributed by atoms with van der Waals surface area (Å²) < 4.78 is 7.83. The lowest BCUT2D eigenvalue weighted by molar-refractivity contribution is -0.0840. The van der Waals surface area contributed by atoms with Gasteiger partial charge in [-0.05, 0) is 31.5 Å². The van der Waals surface area contributed by atoms with Crippen molar-refractivity contribution in [2.24, 2.45) is 0 Å². The van der Waals surface area contributed by atoms with Crippen molar-refractivity contribution in [3.63, 3.8) is 0 Å². The zero-order valence-corrected chi connectivity index (χ0v) is 9.47. The van der Waals surface area contributed by atoms with Gasteiger partial charge in [-0.2, -0.15) is 0 Å². The van der Waals surface area contributed by atoms with Crippen LogP contribution in [-0.2, 0) is 11.3 Å². The van der Waals surface area contributed by atoms with Crippen LogP contribution in [0, 0.1) is 4.77 Å². The molecule has 0 spiro atoms. The molecule has 1 aliphatic rings. The van der Waals surface area contributed by atoms with Crippen LogP contribution < -0.4 is 5.56 Å². The maximum absolute atomic E-state index is 11.0. The molecular formula is C10H14N2O2S. The first-order valence-corrected chi connectivity index (χ1v) is 5.41. The molecule has 82 valence electrons. The number of aromatic amines is 1. The Bertz CT molecular complexity index is 453. The first-order chi connectivity index (χ1) is 7.15. The molecule has 0 saturated heterocycles. The molecule has 5 heteroatoms. The minimum absolute atomic E-state index is 0.0729. The number of hydrogen-bond acceptors (Lipinski definition) is 3. The molecule has 15 heavy (non-hydrogen) atoms. The minimum atomic E-state index is -0.156. The molecule has 0 bridgehead atoms. The Morgan fingerprint density at radius 1 is 1.67 bits per heavy atom. The molecule has 1 fully saturated rings. The van der Waals surface area contributed by atoms with E-state index in [4.69, 9.17) is 17.0 Å². The summed E-state index contributed by atoms with van der Waals surface area (Å²) in [7, 11) is 1.73. The Labute approximate surface area is 92.9 Å². The molecule has 1 saturated carbocycles. The first-order valence-electron chi connectivity index (χ1n) is 5.00. The molecule has 1 aromatic rings. The topological polar surface area (TPSA) is 47.0 Å². The summed E-state index contributed by atoms with van der Waals surface area (Å²) in [6, 6.07) is 1.48. The van der Waals surface area contributed by atoms with Crippen molar-refractivity contribution in [3.05, 3.63) is 27.4 Å². The average Bonchev–Trinajstić information content (AvgIpc) is 2.14. The van der Waals surface area contributed by atoms with E-state index in [1.807, 2.05) is 4.57 Å². The number of ether oxygens (including phenoxy) is 1. The lowest BCUT2D eigenvalue weighted by atomic mass is 9.80. The Hall–Kier alpha value is -0.940. The van der Waals surface area contributed by atoms with Gasteiger partial charge in [-0.25, -0.2) is 0 Å². The van der Waals surface area contributed by atoms with Gasteiger partial charge in [0.2, 0.25) is 0 Å². The summed E-state index contributed by atoms with van der Waals surface area (Å²) in [6.45, 7) is 0.721. The summed E-state index contributed by atoms with van der Waals surface area (Å²) in [5, 5.41) is 0. The second kappa shape index (κ2) is 3.90. The van der Waals surface area contributed by atoms with Gasteiger partial charge in [0.25, 0.3) is 5.56 Å². The summed E-state index contributed by atoms with van der Waals surface area (Å²) in [5.74, 6) is 0. The van der Waals surface area contributed by atoms with Gasteiger partial charge < -0.3 is 9.30 Å². The maximum atomic E-state index is 11.0. The first kappa shape index (κ1) is 10.6. The third kappa shape index (κ3) is 2.03. The lowest BCUT2D eigenvalue weighted by Crippen LogP contribution is -2.43. The largest absolute Gasteiger partial charge is 0.376 e. The van der Waals surface area contributed by atoms with Crippen molar-refractivity contribution in [1.29, 1.82) is 0 Å². The van der Waals surface area contributed by atoms with E-state index in [0.29, 0.717) is 4.77 Å². The molecule has 0 radical (unpaired) electrons. The van der Waals surface area contributed by atoms with Crippen LogP contribution >= 0.6 is 12.2 Å². The molecule has 1 N–H and O–H groups in total. The van der Waals surface area contributed by atoms with Crippen LogP contribution in [0.2, 0.25) is 0 Å². The summed E-state index contributed by atoms with van der Waals surface area (Å²) in [4.78, 5) is 13.6. The highest BCUT2D eigenvalue weighted by Gasteiger charge is 2.37. The number of hydrogen-bond donors (Lipinski definition) is 1. The van der Waals surface area contributed by atoms with E-state index in [-0.39, 0.29) is 11.2 Å². The SMILES string of the molecule is COC1(Cn2ccc(=O)[nH]c2=S)CCC1. The van der Waals surface area contributed by atoms with Crippen LogP contribution in [0.3, 0.4) is 0 Å². The highest BCUT2D eigenvalue weighted by atomic mass is 32.1. The molecule has 0 aromatic carbocycles. The summed E-state index contributed by atoms with van der Waals surface area (Å²) in [5.41, 5.74) is -0.229. The standard InChI is InChI=1S/C10H14N2O2S/c1-14-10(4-2-5-10)7-12-6-3-8(13)11-9(12)15/h3,6H,2,4-5,7H2,1H3,(H,11,13,15). The van der Waals surface area contributed by atoms with Crippen molar-refractivity contribution in [1.82, 2.24) is 9.55 Å². The van der Waals surface area contributed by atoms with E-state index < -0.39 is 0 Å². The van der Waals surface area contributed by atoms with E-state index in [1.165, 1.54) is 12.5 Å². The molecule has 1 heterocycles. The van der Waals surface area contributed by atoms with Gasteiger partial charge in [0.05, 0.1) is 12.1 Å². The van der Waals surface area contributed by atoms with E-state index in [0.717, 1.165) is 19.4 Å². The number of nitrogens with zero attached hydrogens (tertiary/aromatic N) is 1. The van der Waals surface area contributed by atoms with Crippen molar-refractivity contribution in [3.8, 4) is 0 Å². The van der Waals surface area contributed by atoms with Gasteiger partial charge in [0, 0.05) is 19.4 Å². The third-order valence-electron chi connectivity index (χ3n) is 3.05. The van der Waals surface area contributed by atoms with Crippen molar-refractivity contribution < 1.29 is 4.74 Å². The molecule has 0 aliphatic heterocycles. The number of aromatic nitrogens is 2. The fourth-order valence-corrected chi connectivity index (χ4v) is 2.10. The van der Waals surface area contributed by atoms with Crippen molar-refractivity contribution in [2.75, 3.05) is 7.11 Å². The highest BCUT2D eigenvalue weighted by molar-refractivity contribution is 7.71. The Morgan fingerprint density at radius 2 is 2.40 bits per heavy atom. The normalized spacial score (nSPS) is 18.5. The number of nitrogens with one attached hydrogen (secondary N) is 1. The van der Waals surface area contributed by atoms with Gasteiger partial charge in [-0.15, -0.1) is 0 Å². The monoisotopic (exact) mass is 226 g/mol. The molecule has 0 atom stereocenters. The van der Waals surface area contributed by atoms with Crippen LogP contribution in [0.5, 0.6) is 0 Å². The van der Waals surface area contributed by atoms with Gasteiger partial charge in [-0.3, -0.25) is 9.78 Å². The van der Waals surface area contributed by atoms with Crippen LogP contribution in [0.1, 0.15) is 19.3 Å². The van der Waals surface area contributed by atoms with E-state index in [1.54, 1.807) is 13.3 Å².